The summed E-state index contributed by atoms with van der Waals surface area (Å²) in [7, 11) is -4.11. The van der Waals surface area contributed by atoms with Gasteiger partial charge in [-0.05, 0) is 6.42 Å². The summed E-state index contributed by atoms with van der Waals surface area (Å²) < 4.78 is 12.4. The molecule has 0 saturated carbocycles. The van der Waals surface area contributed by atoms with Gasteiger partial charge >= 0.3 is 7.60 Å². The third-order valence-electron chi connectivity index (χ3n) is 3.03. The number of nitrogens with one attached hydrogen (secondary N) is 1. The first kappa shape index (κ1) is 18.3. The molecular formula is C10H19N6O5P. The molecule has 0 radical (unpaired) electrons. The molecule has 0 fully saturated rings. The van der Waals surface area contributed by atoms with Crippen LogP contribution in [0.4, 0.5) is 5.95 Å². The Morgan fingerprint density at radius 2 is 2.14 bits per heavy atom. The van der Waals surface area contributed by atoms with Gasteiger partial charge in [-0.3, -0.25) is 14.3 Å². The fraction of sp³-hybridized carbons (Fsp3) is 0.500. The fourth-order valence-corrected chi connectivity index (χ4v) is 2.68. The lowest BCUT2D eigenvalue weighted by molar-refractivity contribution is 0.206. The van der Waals surface area contributed by atoms with Crippen LogP contribution in [0.2, 0.25) is 0 Å². The number of nitrogen functional groups attached to an aromatic ring is 1. The van der Waals surface area contributed by atoms with Gasteiger partial charge in [0.2, 0.25) is 5.95 Å². The first-order chi connectivity index (χ1) is 9.80. The zero-order valence-corrected chi connectivity index (χ0v) is 12.6. The first-order valence-electron chi connectivity index (χ1n) is 6.16. The number of aliphatic hydroxyl groups is 1. The summed E-state index contributed by atoms with van der Waals surface area (Å²) in [6.07, 6.45) is 1.20. The van der Waals surface area contributed by atoms with Crippen LogP contribution in [0, 0.1) is 5.92 Å². The van der Waals surface area contributed by atoms with Gasteiger partial charge in [0.15, 0.2) is 11.2 Å². The molecule has 0 aromatic carbocycles. The van der Waals surface area contributed by atoms with Crippen LogP contribution in [0.5, 0.6) is 0 Å². The van der Waals surface area contributed by atoms with E-state index in [4.69, 9.17) is 15.5 Å². The Balaban J connectivity index is 0.00000242. The Hall–Kier alpha value is -1.78. The Morgan fingerprint density at radius 3 is 2.73 bits per heavy atom. The molecule has 1 unspecified atom stereocenters. The third kappa shape index (κ3) is 4.36. The molecule has 22 heavy (non-hydrogen) atoms. The lowest BCUT2D eigenvalue weighted by Crippen LogP contribution is -2.17. The van der Waals surface area contributed by atoms with Crippen molar-refractivity contribution in [2.24, 2.45) is 5.92 Å². The summed E-state index contributed by atoms with van der Waals surface area (Å²) in [5.74, 6) is -0.442. The monoisotopic (exact) mass is 334 g/mol. The van der Waals surface area contributed by atoms with Crippen molar-refractivity contribution in [2.75, 3.05) is 18.5 Å². The van der Waals surface area contributed by atoms with Crippen LogP contribution in [0.1, 0.15) is 6.42 Å². The number of aromatic nitrogens is 4. The topological polar surface area (TPSA) is 202 Å². The van der Waals surface area contributed by atoms with E-state index >= 15 is 0 Å². The largest absolute Gasteiger partial charge is 0.396 e. The molecule has 0 amide bonds. The summed E-state index contributed by atoms with van der Waals surface area (Å²) in [6, 6.07) is 0. The SMILES string of the molecule is N.Nc1nc2c(ncn2CC(CO)CCP(=O)(O)O)c(=O)[nH]1. The van der Waals surface area contributed by atoms with Crippen LogP contribution in [-0.2, 0) is 11.1 Å². The molecule has 1 atom stereocenters. The standard InChI is InChI=1S/C10H16N5O5P.H3N/c11-10-13-8-7(9(17)14-10)12-5-15(8)3-6(4-16)1-2-21(18,19)20;/h5-6,16H,1-4H2,(H2,18,19,20)(H3,11,13,14,17);1H3. The van der Waals surface area contributed by atoms with Crippen molar-refractivity contribution < 1.29 is 19.5 Å². The van der Waals surface area contributed by atoms with Gasteiger partial charge in [-0.25, -0.2) is 4.98 Å². The van der Waals surface area contributed by atoms with E-state index in [0.29, 0.717) is 0 Å². The minimum Gasteiger partial charge on any atom is -0.396 e. The molecule has 2 aromatic rings. The smallest absolute Gasteiger partial charge is 0.325 e. The van der Waals surface area contributed by atoms with Crippen molar-refractivity contribution in [3.63, 3.8) is 0 Å². The number of imidazole rings is 1. The van der Waals surface area contributed by atoms with Crippen LogP contribution in [0.15, 0.2) is 11.1 Å². The Kier molecular flexibility index (Phi) is 5.80. The number of fused-ring (bicyclic) bond motifs is 1. The Morgan fingerprint density at radius 1 is 1.45 bits per heavy atom. The predicted molar refractivity (Wildman–Crippen MR) is 79.7 cm³/mol. The van der Waals surface area contributed by atoms with Crippen molar-refractivity contribution in [1.82, 2.24) is 25.7 Å². The van der Waals surface area contributed by atoms with Crippen LogP contribution >= 0.6 is 7.60 Å². The van der Waals surface area contributed by atoms with Crippen molar-refractivity contribution in [2.45, 2.75) is 13.0 Å². The minimum atomic E-state index is -4.11. The summed E-state index contributed by atoms with van der Waals surface area (Å²) >= 11 is 0. The number of rotatable bonds is 6. The molecule has 2 heterocycles. The van der Waals surface area contributed by atoms with Crippen molar-refractivity contribution in [3.8, 4) is 0 Å². The van der Waals surface area contributed by atoms with Gasteiger partial charge in [-0.15, -0.1) is 0 Å². The van der Waals surface area contributed by atoms with Crippen molar-refractivity contribution in [3.05, 3.63) is 16.7 Å². The highest BCUT2D eigenvalue weighted by molar-refractivity contribution is 7.51. The van der Waals surface area contributed by atoms with Gasteiger partial charge in [0, 0.05) is 19.1 Å². The molecule has 0 bridgehead atoms. The van der Waals surface area contributed by atoms with E-state index in [9.17, 15) is 14.5 Å². The van der Waals surface area contributed by atoms with Gasteiger partial charge < -0.3 is 31.3 Å². The zero-order valence-electron chi connectivity index (χ0n) is 11.7. The van der Waals surface area contributed by atoms with Crippen LogP contribution < -0.4 is 17.4 Å². The number of nitrogens with two attached hydrogens (primary N) is 1. The number of H-pyrrole nitrogens is 1. The van der Waals surface area contributed by atoms with E-state index in [1.54, 1.807) is 0 Å². The second-order valence-corrected chi connectivity index (χ2v) is 6.52. The van der Waals surface area contributed by atoms with E-state index in [-0.39, 0.29) is 49.0 Å². The lowest BCUT2D eigenvalue weighted by atomic mass is 10.1. The number of aliphatic hydroxyl groups excluding tert-OH is 1. The van der Waals surface area contributed by atoms with E-state index in [0.717, 1.165) is 0 Å². The number of hydrogen-bond donors (Lipinski definition) is 6. The van der Waals surface area contributed by atoms with Crippen molar-refractivity contribution in [1.29, 1.82) is 0 Å². The predicted octanol–water partition coefficient (Wildman–Crippen LogP) is -0.960. The normalized spacial score (nSPS) is 13.0. The second kappa shape index (κ2) is 6.99. The molecule has 0 aliphatic carbocycles. The van der Waals surface area contributed by atoms with E-state index < -0.39 is 19.1 Å². The third-order valence-corrected chi connectivity index (χ3v) is 3.88. The van der Waals surface area contributed by atoms with Crippen LogP contribution in [0.25, 0.3) is 11.2 Å². The average molecular weight is 334 g/mol. The van der Waals surface area contributed by atoms with Gasteiger partial charge in [-0.1, -0.05) is 0 Å². The van der Waals surface area contributed by atoms with Crippen LogP contribution in [0.3, 0.4) is 0 Å². The van der Waals surface area contributed by atoms with Gasteiger partial charge in [0.1, 0.15) is 0 Å². The average Bonchev–Trinajstić information content (AvgIpc) is 2.76. The number of nitrogens with zero attached hydrogens (tertiary/aromatic N) is 3. The van der Waals surface area contributed by atoms with Crippen LogP contribution in [-0.4, -0.2) is 47.2 Å². The molecule has 2 aromatic heterocycles. The van der Waals surface area contributed by atoms with Gasteiger partial charge in [-0.2, -0.15) is 4.98 Å². The molecule has 12 heteroatoms. The molecule has 124 valence electrons. The maximum absolute atomic E-state index is 11.6. The zero-order chi connectivity index (χ0) is 15.6. The maximum Gasteiger partial charge on any atom is 0.325 e. The molecule has 0 aliphatic heterocycles. The van der Waals surface area contributed by atoms with E-state index in [1.165, 1.54) is 10.9 Å². The number of anilines is 1. The summed E-state index contributed by atoms with van der Waals surface area (Å²) in [6.45, 7) is -0.0265. The quantitative estimate of drug-likeness (QED) is 0.359. The van der Waals surface area contributed by atoms with Crippen molar-refractivity contribution >= 4 is 24.7 Å². The number of hydrogen-bond acceptors (Lipinski definition) is 7. The van der Waals surface area contributed by atoms with E-state index in [1.807, 2.05) is 0 Å². The van der Waals surface area contributed by atoms with Gasteiger partial charge in [0.25, 0.3) is 5.56 Å². The minimum absolute atomic E-state index is 0. The lowest BCUT2D eigenvalue weighted by Gasteiger charge is -2.15. The second-order valence-electron chi connectivity index (χ2n) is 4.75. The summed E-state index contributed by atoms with van der Waals surface area (Å²) in [5, 5.41) is 9.30. The first-order valence-corrected chi connectivity index (χ1v) is 7.96. The highest BCUT2D eigenvalue weighted by Gasteiger charge is 2.19. The van der Waals surface area contributed by atoms with E-state index in [2.05, 4.69) is 15.0 Å². The molecule has 0 aliphatic rings. The summed E-state index contributed by atoms with van der Waals surface area (Å²) in [5.41, 5.74) is 5.40. The molecule has 11 nitrogen and oxygen atoms in total. The Labute approximate surface area is 124 Å². The fourth-order valence-electron chi connectivity index (χ4n) is 1.97. The molecule has 2 rings (SSSR count). The molecule has 9 N–H and O–H groups in total. The Bertz CT molecular complexity index is 737. The molecule has 0 saturated heterocycles. The summed E-state index contributed by atoms with van der Waals surface area (Å²) in [4.78, 5) is 39.6. The molecular weight excluding hydrogens is 315 g/mol. The highest BCUT2D eigenvalue weighted by atomic mass is 31.2. The molecule has 0 spiro atoms. The number of aromatic amines is 1. The highest BCUT2D eigenvalue weighted by Crippen LogP contribution is 2.36. The maximum atomic E-state index is 11.6. The van der Waals surface area contributed by atoms with Gasteiger partial charge in [0.05, 0.1) is 12.5 Å².